The molecule has 11 heteroatoms. The van der Waals surface area contributed by atoms with Crippen LogP contribution in [0.5, 0.6) is 0 Å². The maximum atomic E-state index is 13.4. The van der Waals surface area contributed by atoms with Crippen molar-refractivity contribution in [3.05, 3.63) is 29.0 Å². The van der Waals surface area contributed by atoms with Crippen molar-refractivity contribution in [3.8, 4) is 0 Å². The van der Waals surface area contributed by atoms with Crippen LogP contribution in [0.15, 0.2) is 18.2 Å². The molecule has 150 valence electrons. The molecule has 1 fully saturated rings. The third kappa shape index (κ3) is 5.46. The molecule has 0 unspecified atom stereocenters. The molecule has 0 bridgehead atoms. The number of nitrogens with zero attached hydrogens (tertiary/aromatic N) is 3. The van der Waals surface area contributed by atoms with Crippen LogP contribution in [0, 0.1) is 5.82 Å². The van der Waals surface area contributed by atoms with Crippen molar-refractivity contribution < 1.29 is 27.1 Å². The Balaban J connectivity index is 2.07. The van der Waals surface area contributed by atoms with Crippen molar-refractivity contribution in [3.63, 3.8) is 0 Å². The van der Waals surface area contributed by atoms with E-state index in [0.29, 0.717) is 13.1 Å². The number of sulfonamides is 1. The van der Waals surface area contributed by atoms with Gasteiger partial charge in [-0.2, -0.15) is 0 Å². The highest BCUT2D eigenvalue weighted by molar-refractivity contribution is 7.92. The van der Waals surface area contributed by atoms with Crippen LogP contribution in [0.3, 0.4) is 0 Å². The molecule has 2 rings (SSSR count). The molecule has 0 spiro atoms. The normalized spacial score (nSPS) is 14.8. The molecule has 8 nitrogen and oxygen atoms in total. The Morgan fingerprint density at radius 2 is 1.81 bits per heavy atom. The molecule has 1 aliphatic rings. The van der Waals surface area contributed by atoms with Gasteiger partial charge in [-0.3, -0.25) is 9.10 Å². The molecule has 1 heterocycles. The summed E-state index contributed by atoms with van der Waals surface area (Å²) >= 11 is 5.72. The molecule has 0 radical (unpaired) electrons. The molecule has 1 aliphatic heterocycles. The molecule has 1 aromatic rings. The topological polar surface area (TPSA) is 87.2 Å². The molecule has 1 saturated heterocycles. The zero-order valence-corrected chi connectivity index (χ0v) is 16.6. The van der Waals surface area contributed by atoms with Gasteiger partial charge in [0, 0.05) is 26.2 Å². The third-order valence-corrected chi connectivity index (χ3v) is 5.46. The highest BCUT2D eigenvalue weighted by Crippen LogP contribution is 2.24. The maximum Gasteiger partial charge on any atom is 0.409 e. The smallest absolute Gasteiger partial charge is 0.409 e. The summed E-state index contributed by atoms with van der Waals surface area (Å²) in [5, 5.41) is -0.239. The number of anilines is 1. The summed E-state index contributed by atoms with van der Waals surface area (Å²) in [5.74, 6) is -1.11. The van der Waals surface area contributed by atoms with E-state index in [1.807, 2.05) is 0 Å². The van der Waals surface area contributed by atoms with Crippen LogP contribution < -0.4 is 4.31 Å². The molecular weight excluding hydrogens is 401 g/mol. The van der Waals surface area contributed by atoms with Gasteiger partial charge in [0.2, 0.25) is 15.9 Å². The zero-order chi connectivity index (χ0) is 20.2. The van der Waals surface area contributed by atoms with Gasteiger partial charge in [-0.1, -0.05) is 11.6 Å². The number of hydrogen-bond donors (Lipinski definition) is 0. The second-order valence-corrected chi connectivity index (χ2v) is 8.25. The molecule has 27 heavy (non-hydrogen) atoms. The lowest BCUT2D eigenvalue weighted by atomic mass is 10.3. The first-order valence-corrected chi connectivity index (χ1v) is 10.5. The van der Waals surface area contributed by atoms with Gasteiger partial charge in [-0.15, -0.1) is 0 Å². The van der Waals surface area contributed by atoms with Crippen LogP contribution in [0.2, 0.25) is 5.02 Å². The van der Waals surface area contributed by atoms with Gasteiger partial charge in [-0.25, -0.2) is 17.6 Å². The number of carbonyl (C=O) groups excluding carboxylic acids is 2. The Hall–Kier alpha value is -2.07. The van der Waals surface area contributed by atoms with E-state index in [9.17, 15) is 22.4 Å². The predicted molar refractivity (Wildman–Crippen MR) is 98.8 cm³/mol. The van der Waals surface area contributed by atoms with E-state index in [1.165, 1.54) is 15.9 Å². The Morgan fingerprint density at radius 3 is 2.33 bits per heavy atom. The lowest BCUT2D eigenvalue weighted by Gasteiger charge is -2.35. The van der Waals surface area contributed by atoms with Crippen molar-refractivity contribution in [2.45, 2.75) is 6.92 Å². The Labute approximate surface area is 162 Å². The number of piperazine rings is 1. The van der Waals surface area contributed by atoms with Crippen LogP contribution in [0.25, 0.3) is 0 Å². The summed E-state index contributed by atoms with van der Waals surface area (Å²) in [5.41, 5.74) is 0.0995. The first-order chi connectivity index (χ1) is 12.6. The lowest BCUT2D eigenvalue weighted by Crippen LogP contribution is -2.53. The lowest BCUT2D eigenvalue weighted by molar-refractivity contribution is -0.131. The van der Waals surface area contributed by atoms with E-state index in [0.717, 1.165) is 22.7 Å². The number of carbonyl (C=O) groups is 2. The van der Waals surface area contributed by atoms with Crippen molar-refractivity contribution in [2.75, 3.05) is 49.9 Å². The van der Waals surface area contributed by atoms with E-state index >= 15 is 0 Å². The first-order valence-electron chi connectivity index (χ1n) is 8.25. The van der Waals surface area contributed by atoms with E-state index < -0.39 is 34.4 Å². The molecule has 1 aromatic carbocycles. The van der Waals surface area contributed by atoms with E-state index in [-0.39, 0.29) is 30.4 Å². The molecule has 0 N–H and O–H groups in total. The van der Waals surface area contributed by atoms with Gasteiger partial charge in [0.05, 0.1) is 23.6 Å². The minimum absolute atomic E-state index is 0.0995. The fraction of sp³-hybridized carbons (Fsp3) is 0.500. The van der Waals surface area contributed by atoms with E-state index in [1.54, 1.807) is 6.92 Å². The van der Waals surface area contributed by atoms with Gasteiger partial charge >= 0.3 is 6.09 Å². The highest BCUT2D eigenvalue weighted by Gasteiger charge is 2.28. The predicted octanol–water partition coefficient (Wildman–Crippen LogP) is 1.55. The van der Waals surface area contributed by atoms with Crippen LogP contribution in [0.4, 0.5) is 14.9 Å². The van der Waals surface area contributed by atoms with E-state index in [4.69, 9.17) is 16.3 Å². The van der Waals surface area contributed by atoms with Gasteiger partial charge in [0.25, 0.3) is 0 Å². The van der Waals surface area contributed by atoms with Crippen molar-refractivity contribution in [2.24, 2.45) is 0 Å². The fourth-order valence-corrected chi connectivity index (χ4v) is 3.63. The third-order valence-electron chi connectivity index (χ3n) is 4.03. The summed E-state index contributed by atoms with van der Waals surface area (Å²) in [4.78, 5) is 27.2. The Bertz CT molecular complexity index is 812. The second kappa shape index (κ2) is 8.75. The largest absolute Gasteiger partial charge is 0.450 e. The molecule has 0 saturated carbocycles. The highest BCUT2D eigenvalue weighted by atomic mass is 35.5. The second-order valence-electron chi connectivity index (χ2n) is 5.93. The minimum atomic E-state index is -3.79. The van der Waals surface area contributed by atoms with Crippen LogP contribution in [-0.2, 0) is 19.6 Å². The number of ether oxygens (including phenoxy) is 1. The van der Waals surface area contributed by atoms with Gasteiger partial charge in [0.1, 0.15) is 12.4 Å². The monoisotopic (exact) mass is 421 g/mol. The van der Waals surface area contributed by atoms with Crippen molar-refractivity contribution >= 4 is 39.3 Å². The SMILES string of the molecule is CCOC(=O)N1CCN(C(=O)CN(c2ccc(F)c(Cl)c2)S(C)(=O)=O)CC1. The van der Waals surface area contributed by atoms with Crippen LogP contribution in [-0.4, -0.2) is 75.8 Å². The van der Waals surface area contributed by atoms with Crippen LogP contribution in [0.1, 0.15) is 6.92 Å². The number of hydrogen-bond acceptors (Lipinski definition) is 5. The number of halogens is 2. The summed E-state index contributed by atoms with van der Waals surface area (Å²) in [6, 6.07) is 3.44. The summed E-state index contributed by atoms with van der Waals surface area (Å²) in [7, 11) is -3.79. The average Bonchev–Trinajstić information content (AvgIpc) is 2.61. The summed E-state index contributed by atoms with van der Waals surface area (Å²) in [6.45, 7) is 2.65. The molecule has 0 atom stereocenters. The Morgan fingerprint density at radius 1 is 1.22 bits per heavy atom. The van der Waals surface area contributed by atoms with Gasteiger partial charge < -0.3 is 14.5 Å². The molecule has 2 amide bonds. The molecule has 0 aliphatic carbocycles. The van der Waals surface area contributed by atoms with Crippen LogP contribution >= 0.6 is 11.6 Å². The average molecular weight is 422 g/mol. The van der Waals surface area contributed by atoms with E-state index in [2.05, 4.69) is 0 Å². The standard InChI is InChI=1S/C16H21ClFN3O5S/c1-3-26-16(23)20-8-6-19(7-9-20)15(22)11-21(27(2,24)25)12-4-5-14(18)13(17)10-12/h4-5,10H,3,6-9,11H2,1-2H3. The van der Waals surface area contributed by atoms with Gasteiger partial charge in [0.15, 0.2) is 0 Å². The minimum Gasteiger partial charge on any atom is -0.450 e. The number of amides is 2. The maximum absolute atomic E-state index is 13.4. The number of rotatable bonds is 5. The first kappa shape index (κ1) is 21.2. The fourth-order valence-electron chi connectivity index (χ4n) is 2.62. The molecular formula is C16H21ClFN3O5S. The summed E-state index contributed by atoms with van der Waals surface area (Å²) < 4.78 is 43.4. The number of benzene rings is 1. The van der Waals surface area contributed by atoms with Gasteiger partial charge in [-0.05, 0) is 25.1 Å². The van der Waals surface area contributed by atoms with Crippen molar-refractivity contribution in [1.82, 2.24) is 9.80 Å². The Kier molecular flexibility index (Phi) is 6.88. The quantitative estimate of drug-likeness (QED) is 0.719. The zero-order valence-electron chi connectivity index (χ0n) is 15.0. The summed E-state index contributed by atoms with van der Waals surface area (Å²) in [6.07, 6.45) is 0.513. The molecule has 0 aromatic heterocycles. The van der Waals surface area contributed by atoms with Crippen molar-refractivity contribution in [1.29, 1.82) is 0 Å².